The lowest BCUT2D eigenvalue weighted by Crippen LogP contribution is -2.46. The van der Waals surface area contributed by atoms with Gasteiger partial charge in [0, 0.05) is 26.3 Å². The molecule has 0 unspecified atom stereocenters. The number of aliphatic imine (C=N–C) groups is 2. The molecular formula is C32H24BrClN6O. The summed E-state index contributed by atoms with van der Waals surface area (Å²) >= 11 is 10.1. The van der Waals surface area contributed by atoms with E-state index in [2.05, 4.69) is 26.1 Å². The number of aromatic hydroxyl groups is 1. The second kappa shape index (κ2) is 9.90. The smallest absolute Gasteiger partial charge is 0.179 e. The van der Waals surface area contributed by atoms with E-state index in [0.29, 0.717) is 22.5 Å². The van der Waals surface area contributed by atoms with Crippen LogP contribution < -0.4 is 10.2 Å². The topological polar surface area (TPSA) is 78.0 Å². The first-order chi connectivity index (χ1) is 19.9. The predicted octanol–water partition coefficient (Wildman–Crippen LogP) is 8.41. The zero-order valence-electron chi connectivity index (χ0n) is 22.2. The number of hydrogen-bond acceptors (Lipinski definition) is 6. The number of halogens is 2. The minimum atomic E-state index is -0.442. The zero-order valence-corrected chi connectivity index (χ0v) is 24.5. The molecule has 4 aromatic carbocycles. The van der Waals surface area contributed by atoms with Gasteiger partial charge in [0.15, 0.2) is 17.5 Å². The molecular weight excluding hydrogens is 600 g/mol. The van der Waals surface area contributed by atoms with Gasteiger partial charge in [-0.1, -0.05) is 63.9 Å². The van der Waals surface area contributed by atoms with Crippen LogP contribution in [0.4, 0.5) is 22.9 Å². The number of anilines is 2. The van der Waals surface area contributed by atoms with Crippen molar-refractivity contribution < 1.29 is 5.11 Å². The van der Waals surface area contributed by atoms with Crippen molar-refractivity contribution in [3.05, 3.63) is 123 Å². The minimum Gasteiger partial charge on any atom is -0.508 e. The van der Waals surface area contributed by atoms with E-state index >= 15 is 0 Å². The molecule has 7 nitrogen and oxygen atoms in total. The van der Waals surface area contributed by atoms with Crippen molar-refractivity contribution >= 4 is 62.1 Å². The molecule has 0 spiro atoms. The molecule has 0 fully saturated rings. The van der Waals surface area contributed by atoms with E-state index in [4.69, 9.17) is 26.7 Å². The molecule has 0 saturated carbocycles. The van der Waals surface area contributed by atoms with Gasteiger partial charge in [-0.25, -0.2) is 14.7 Å². The van der Waals surface area contributed by atoms with Crippen molar-refractivity contribution in [3.8, 4) is 11.4 Å². The van der Waals surface area contributed by atoms with Crippen molar-refractivity contribution in [1.29, 1.82) is 0 Å². The first-order valence-corrected chi connectivity index (χ1v) is 14.3. The Kier molecular flexibility index (Phi) is 6.17. The lowest BCUT2D eigenvalue weighted by atomic mass is 9.92. The third-order valence-electron chi connectivity index (χ3n) is 7.36. The van der Waals surface area contributed by atoms with E-state index < -0.39 is 6.04 Å². The number of fused-ring (bicyclic) bond motifs is 4. The van der Waals surface area contributed by atoms with Crippen LogP contribution >= 0.6 is 27.5 Å². The standard InChI is InChI=1S/C32H24BrClN6O/c1-18-12-14-21(17-24(18)34)35-30-32-37-31-28(19(2)38-40(31)22-8-4-3-5-9-22)29(23-16-20(33)13-15-27(23)41)39(32)26-11-7-6-10-25(26)36-30/h3-17,29,41H,1-2H3,(H,35,36)/t29-/m1/s1. The van der Waals surface area contributed by atoms with E-state index in [1.165, 1.54) is 0 Å². The molecule has 1 aromatic heterocycles. The number of para-hydroxylation sites is 3. The summed E-state index contributed by atoms with van der Waals surface area (Å²) < 4.78 is 2.72. The number of phenolic OH excluding ortho intramolecular Hbond substituents is 1. The van der Waals surface area contributed by atoms with E-state index in [1.54, 1.807) is 6.07 Å². The molecule has 41 heavy (non-hydrogen) atoms. The lowest BCUT2D eigenvalue weighted by molar-refractivity contribution is 0.465. The van der Waals surface area contributed by atoms with E-state index in [0.717, 1.165) is 49.6 Å². The number of phenols is 1. The van der Waals surface area contributed by atoms with Gasteiger partial charge in [0.25, 0.3) is 0 Å². The molecule has 0 bridgehead atoms. The molecule has 7 rings (SSSR count). The van der Waals surface area contributed by atoms with Crippen LogP contribution in [0.15, 0.2) is 105 Å². The molecule has 2 aliphatic rings. The summed E-state index contributed by atoms with van der Waals surface area (Å²) in [7, 11) is 0. The second-order valence-electron chi connectivity index (χ2n) is 10.0. The number of amidine groups is 2. The fourth-order valence-electron chi connectivity index (χ4n) is 5.39. The normalized spacial score (nSPS) is 15.4. The average molecular weight is 624 g/mol. The van der Waals surface area contributed by atoms with Crippen LogP contribution in [0.2, 0.25) is 5.02 Å². The number of benzene rings is 4. The van der Waals surface area contributed by atoms with Crippen molar-refractivity contribution in [2.24, 2.45) is 9.98 Å². The summed E-state index contributed by atoms with van der Waals surface area (Å²) in [6.45, 7) is 3.95. The summed E-state index contributed by atoms with van der Waals surface area (Å²) in [5, 5.41) is 20.3. The molecule has 2 N–H and O–H groups in total. The maximum absolute atomic E-state index is 11.2. The Bertz CT molecular complexity index is 1900. The average Bonchev–Trinajstić information content (AvgIpc) is 3.31. The Labute approximate surface area is 250 Å². The van der Waals surface area contributed by atoms with Gasteiger partial charge in [0.05, 0.1) is 28.8 Å². The zero-order chi connectivity index (χ0) is 28.2. The molecule has 0 radical (unpaired) electrons. The maximum Gasteiger partial charge on any atom is 0.179 e. The Morgan fingerprint density at radius 2 is 1.68 bits per heavy atom. The summed E-state index contributed by atoms with van der Waals surface area (Å²) in [5.41, 5.74) is 6.77. The van der Waals surface area contributed by atoms with Gasteiger partial charge in [-0.3, -0.25) is 0 Å². The highest BCUT2D eigenvalue weighted by atomic mass is 79.9. The third-order valence-corrected chi connectivity index (χ3v) is 8.26. The van der Waals surface area contributed by atoms with Gasteiger partial charge in [0.2, 0.25) is 0 Å². The molecule has 0 aliphatic carbocycles. The van der Waals surface area contributed by atoms with E-state index in [9.17, 15) is 5.11 Å². The highest BCUT2D eigenvalue weighted by Crippen LogP contribution is 2.50. The number of aromatic nitrogens is 2. The highest BCUT2D eigenvalue weighted by molar-refractivity contribution is 9.10. The number of nitrogens with zero attached hydrogens (tertiary/aromatic N) is 5. The van der Waals surface area contributed by atoms with E-state index in [1.807, 2.05) is 103 Å². The van der Waals surface area contributed by atoms with Crippen molar-refractivity contribution in [3.63, 3.8) is 0 Å². The van der Waals surface area contributed by atoms with Gasteiger partial charge >= 0.3 is 0 Å². The van der Waals surface area contributed by atoms with Crippen LogP contribution in [0.1, 0.15) is 28.4 Å². The van der Waals surface area contributed by atoms with Crippen LogP contribution in [0.3, 0.4) is 0 Å². The first-order valence-electron chi connectivity index (χ1n) is 13.1. The van der Waals surface area contributed by atoms with Crippen LogP contribution in [0.25, 0.3) is 5.69 Å². The SMILES string of the molecule is Cc1ccc(NC2=Nc3ccccc3N3C2=Nc2c(c(C)nn2-c2ccccc2)[C@H]3c2cc(Br)ccc2O)cc1Cl. The van der Waals surface area contributed by atoms with Crippen molar-refractivity contribution in [2.75, 3.05) is 10.2 Å². The van der Waals surface area contributed by atoms with Gasteiger partial charge < -0.3 is 15.3 Å². The Hall–Kier alpha value is -4.40. The molecule has 0 saturated heterocycles. The Balaban J connectivity index is 1.51. The van der Waals surface area contributed by atoms with Gasteiger partial charge in [-0.15, -0.1) is 0 Å². The minimum absolute atomic E-state index is 0.178. The van der Waals surface area contributed by atoms with Gasteiger partial charge in [-0.2, -0.15) is 5.10 Å². The summed E-state index contributed by atoms with van der Waals surface area (Å²) in [5.74, 6) is 2.03. The molecule has 202 valence electrons. The molecule has 9 heteroatoms. The largest absolute Gasteiger partial charge is 0.508 e. The van der Waals surface area contributed by atoms with Crippen LogP contribution in [-0.4, -0.2) is 26.6 Å². The highest BCUT2D eigenvalue weighted by Gasteiger charge is 2.42. The fraction of sp³-hybridized carbons (Fsp3) is 0.0938. The molecule has 0 amide bonds. The molecule has 5 aromatic rings. The Morgan fingerprint density at radius 1 is 0.902 bits per heavy atom. The monoisotopic (exact) mass is 622 g/mol. The summed E-state index contributed by atoms with van der Waals surface area (Å²) in [6.07, 6.45) is 0. The fourth-order valence-corrected chi connectivity index (χ4v) is 5.95. The molecule has 1 atom stereocenters. The molecule has 2 aliphatic heterocycles. The predicted molar refractivity (Wildman–Crippen MR) is 169 cm³/mol. The lowest BCUT2D eigenvalue weighted by Gasteiger charge is -2.40. The maximum atomic E-state index is 11.2. The number of aryl methyl sites for hydroxylation is 2. The third kappa shape index (κ3) is 4.31. The quantitative estimate of drug-likeness (QED) is 0.212. The van der Waals surface area contributed by atoms with E-state index in [-0.39, 0.29) is 5.75 Å². The first kappa shape index (κ1) is 25.6. The Morgan fingerprint density at radius 3 is 2.49 bits per heavy atom. The number of rotatable bonds is 3. The van der Waals surface area contributed by atoms with Crippen LogP contribution in [0.5, 0.6) is 5.75 Å². The van der Waals surface area contributed by atoms with Gasteiger partial charge in [-0.05, 0) is 74.0 Å². The van der Waals surface area contributed by atoms with Crippen LogP contribution in [0, 0.1) is 13.8 Å². The summed E-state index contributed by atoms with van der Waals surface area (Å²) in [4.78, 5) is 12.4. The van der Waals surface area contributed by atoms with Crippen molar-refractivity contribution in [2.45, 2.75) is 19.9 Å². The van der Waals surface area contributed by atoms with Crippen LogP contribution in [-0.2, 0) is 0 Å². The summed E-state index contributed by atoms with van der Waals surface area (Å²) in [6, 6.07) is 28.8. The number of hydrogen-bond donors (Lipinski definition) is 2. The van der Waals surface area contributed by atoms with Crippen molar-refractivity contribution in [1.82, 2.24) is 9.78 Å². The number of nitrogens with one attached hydrogen (secondary N) is 1. The second-order valence-corrected chi connectivity index (χ2v) is 11.3. The van der Waals surface area contributed by atoms with Gasteiger partial charge in [0.1, 0.15) is 5.75 Å². The molecule has 3 heterocycles.